The average Bonchev–Trinajstić information content (AvgIpc) is 3.57. The Morgan fingerprint density at radius 2 is 1.78 bits per heavy atom. The number of pyridine rings is 1. The third kappa shape index (κ3) is 8.63. The van der Waals surface area contributed by atoms with E-state index in [9.17, 15) is 34.5 Å². The number of aldehydes is 1. The minimum atomic E-state index is -1.87. The zero-order chi connectivity index (χ0) is 45.2. The number of ether oxygens (including phenoxy) is 2. The molecule has 1 saturated heterocycles. The lowest BCUT2D eigenvalue weighted by Gasteiger charge is -2.38. The molecule has 0 spiro atoms. The third-order valence-corrected chi connectivity index (χ3v) is 12.1. The van der Waals surface area contributed by atoms with Crippen molar-refractivity contribution < 1.29 is 44.0 Å². The van der Waals surface area contributed by atoms with Crippen molar-refractivity contribution in [1.29, 1.82) is 0 Å². The lowest BCUT2D eigenvalue weighted by atomic mass is 9.84. The van der Waals surface area contributed by atoms with Gasteiger partial charge in [0, 0.05) is 91.6 Å². The van der Waals surface area contributed by atoms with Gasteiger partial charge in [-0.25, -0.2) is 20.0 Å². The normalized spacial score (nSPS) is 18.4. The van der Waals surface area contributed by atoms with Crippen LogP contribution in [0.1, 0.15) is 68.0 Å². The third-order valence-electron chi connectivity index (χ3n) is 12.1. The Balaban J connectivity index is 1.05. The number of phenolic OH excluding ortho intramolecular Hbond substituents is 3. The number of phenols is 3. The fourth-order valence-electron chi connectivity index (χ4n) is 8.70. The first kappa shape index (κ1) is 44.1. The van der Waals surface area contributed by atoms with Crippen molar-refractivity contribution in [2.75, 3.05) is 56.2 Å². The van der Waals surface area contributed by atoms with Crippen molar-refractivity contribution >= 4 is 58.9 Å². The maximum absolute atomic E-state index is 13.8. The number of hydrogen-bond donors (Lipinski definition) is 4. The van der Waals surface area contributed by atoms with Crippen molar-refractivity contribution in [1.82, 2.24) is 20.2 Å². The van der Waals surface area contributed by atoms with Crippen LogP contribution in [0.2, 0.25) is 0 Å². The fraction of sp³-hybridized carbons (Fsp3) is 0.362. The number of benzene rings is 3. The molecule has 16 nitrogen and oxygen atoms in total. The van der Waals surface area contributed by atoms with Crippen molar-refractivity contribution in [3.8, 4) is 17.2 Å². The molecule has 3 aliphatic heterocycles. The van der Waals surface area contributed by atoms with Gasteiger partial charge in [-0.1, -0.05) is 27.7 Å². The van der Waals surface area contributed by atoms with E-state index in [2.05, 4.69) is 22.1 Å². The van der Waals surface area contributed by atoms with Gasteiger partial charge in [0.05, 0.1) is 30.0 Å². The molecule has 63 heavy (non-hydrogen) atoms. The minimum Gasteiger partial charge on any atom is -0.508 e. The number of carbonyl (C=O) groups is 4. The number of esters is 2. The number of hydrazone groups is 1. The zero-order valence-electron chi connectivity index (χ0n) is 36.2. The van der Waals surface area contributed by atoms with Crippen LogP contribution in [-0.2, 0) is 43.4 Å². The summed E-state index contributed by atoms with van der Waals surface area (Å²) in [6.07, 6.45) is 3.09. The summed E-state index contributed by atoms with van der Waals surface area (Å²) in [6, 6.07) is 14.8. The van der Waals surface area contributed by atoms with Gasteiger partial charge in [0.25, 0.3) is 0 Å². The van der Waals surface area contributed by atoms with Crippen LogP contribution < -0.4 is 15.2 Å². The number of aromatic hydroxyl groups is 3. The first-order valence-electron chi connectivity index (χ1n) is 21.0. The molecular weight excluding hydrogens is 807 g/mol. The highest BCUT2D eigenvalue weighted by atomic mass is 16.6. The van der Waals surface area contributed by atoms with Crippen LogP contribution in [0, 0.1) is 0 Å². The molecule has 16 heteroatoms. The Bertz CT molecular complexity index is 2530. The lowest BCUT2D eigenvalue weighted by Crippen LogP contribution is -2.52. The molecule has 0 radical (unpaired) electrons. The number of fused-ring (bicyclic) bond motifs is 2. The van der Waals surface area contributed by atoms with E-state index in [4.69, 9.17) is 14.5 Å². The van der Waals surface area contributed by atoms with Gasteiger partial charge in [-0.2, -0.15) is 5.10 Å². The molecule has 330 valence electrons. The molecular formula is C47H53N7O9. The number of urea groups is 1. The van der Waals surface area contributed by atoms with Crippen LogP contribution in [0.15, 0.2) is 76.9 Å². The molecule has 4 aromatic rings. The number of amides is 2. The molecule has 1 aromatic heterocycles. The number of nitrogens with one attached hydrogen (secondary N) is 1. The van der Waals surface area contributed by atoms with Crippen LogP contribution in [0.5, 0.6) is 17.2 Å². The predicted octanol–water partition coefficient (Wildman–Crippen LogP) is 5.72. The summed E-state index contributed by atoms with van der Waals surface area (Å²) in [5.74, 6) is -1.43. The van der Waals surface area contributed by atoms with E-state index in [-0.39, 0.29) is 60.4 Å². The highest BCUT2D eigenvalue weighted by Crippen LogP contribution is 2.42. The van der Waals surface area contributed by atoms with Gasteiger partial charge in [0.1, 0.15) is 30.1 Å². The number of cyclic esters (lactones) is 1. The van der Waals surface area contributed by atoms with E-state index in [0.717, 1.165) is 22.2 Å². The molecule has 1 unspecified atom stereocenters. The Hall–Kier alpha value is -6.94. The SMILES string of the molecule is C=NNC(=O)N(Cc1cc(C(C)C)c(O)cc1O)c1ccc(N2CCN(CC(=O)OC3(CC)C(=O)OCC(C=O)=C3/C=C3/c4nc5ccc(O)cc5c(CC)c4CN3C)CC2)cc1. The summed E-state index contributed by atoms with van der Waals surface area (Å²) in [5, 5.41) is 35.6. The Morgan fingerprint density at radius 3 is 2.43 bits per heavy atom. The van der Waals surface area contributed by atoms with Crippen LogP contribution in [0.3, 0.4) is 0 Å². The summed E-state index contributed by atoms with van der Waals surface area (Å²) in [7, 11) is 1.90. The molecule has 1 atom stereocenters. The number of aryl methyl sites for hydroxylation is 1. The maximum Gasteiger partial charge on any atom is 0.355 e. The number of hydrogen-bond acceptors (Lipinski definition) is 14. The number of anilines is 2. The summed E-state index contributed by atoms with van der Waals surface area (Å²) in [5.41, 5.74) is 7.53. The maximum atomic E-state index is 13.8. The van der Waals surface area contributed by atoms with Gasteiger partial charge in [-0.3, -0.25) is 19.4 Å². The first-order chi connectivity index (χ1) is 30.2. The van der Waals surface area contributed by atoms with Crippen molar-refractivity contribution in [3.63, 3.8) is 0 Å². The van der Waals surface area contributed by atoms with Crippen LogP contribution in [-0.4, -0.2) is 113 Å². The van der Waals surface area contributed by atoms with Crippen molar-refractivity contribution in [2.24, 2.45) is 5.10 Å². The Kier molecular flexibility index (Phi) is 12.7. The second kappa shape index (κ2) is 18.2. The van der Waals surface area contributed by atoms with E-state index < -0.39 is 23.6 Å². The molecule has 0 saturated carbocycles. The standard InChI is InChI=1S/C47H53N7O9/c1-7-34-36-20-33(56)13-14-39(36)49-44-37(34)24-51(6)40(44)21-38-30(26-55)27-62-45(60)47(38,8-2)63-43(59)25-52-15-17-53(18-16-52)31-9-11-32(12-10-31)54(46(61)50-48-5)23-29-19-35(28(3)4)42(58)22-41(29)57/h9-14,19-22,26,28,56-58H,5,7-8,15-18,23-25,27H2,1-4,6H3,(H,50,61)/b40-21-. The average molecular weight is 860 g/mol. The topological polar surface area (TPSA) is 198 Å². The van der Waals surface area contributed by atoms with Crippen molar-refractivity contribution in [3.05, 3.63) is 99.8 Å². The van der Waals surface area contributed by atoms with Gasteiger partial charge >= 0.3 is 18.0 Å². The molecule has 3 aliphatic rings. The number of rotatable bonds is 13. The molecule has 2 amide bonds. The second-order valence-corrected chi connectivity index (χ2v) is 16.3. The predicted molar refractivity (Wildman–Crippen MR) is 239 cm³/mol. The van der Waals surface area contributed by atoms with Gasteiger partial charge in [-0.15, -0.1) is 0 Å². The first-order valence-corrected chi connectivity index (χ1v) is 21.0. The van der Waals surface area contributed by atoms with E-state index >= 15 is 0 Å². The van der Waals surface area contributed by atoms with Gasteiger partial charge in [0.2, 0.25) is 5.60 Å². The highest BCUT2D eigenvalue weighted by Gasteiger charge is 2.50. The summed E-state index contributed by atoms with van der Waals surface area (Å²) in [6.45, 7) is 13.3. The van der Waals surface area contributed by atoms with Crippen LogP contribution in [0.25, 0.3) is 16.6 Å². The van der Waals surface area contributed by atoms with E-state index in [1.54, 1.807) is 49.4 Å². The van der Waals surface area contributed by atoms with Gasteiger partial charge in [0.15, 0.2) is 0 Å². The lowest BCUT2D eigenvalue weighted by molar-refractivity contribution is -0.180. The van der Waals surface area contributed by atoms with Gasteiger partial charge in [-0.05, 0) is 84.5 Å². The summed E-state index contributed by atoms with van der Waals surface area (Å²) in [4.78, 5) is 65.7. The molecule has 0 bridgehead atoms. The number of piperazine rings is 1. The highest BCUT2D eigenvalue weighted by molar-refractivity contribution is 5.96. The van der Waals surface area contributed by atoms with E-state index in [0.29, 0.717) is 79.2 Å². The number of nitrogens with zero attached hydrogens (tertiary/aromatic N) is 6. The molecule has 1 fully saturated rings. The van der Waals surface area contributed by atoms with Gasteiger partial charge < -0.3 is 34.6 Å². The molecule has 7 rings (SSSR count). The number of aromatic nitrogens is 1. The monoisotopic (exact) mass is 859 g/mol. The quantitative estimate of drug-likeness (QED) is 0.0552. The van der Waals surface area contributed by atoms with Crippen LogP contribution >= 0.6 is 0 Å². The largest absolute Gasteiger partial charge is 0.508 e. The smallest absolute Gasteiger partial charge is 0.355 e. The second-order valence-electron chi connectivity index (χ2n) is 16.3. The summed E-state index contributed by atoms with van der Waals surface area (Å²) < 4.78 is 11.6. The van der Waals surface area contributed by atoms with Crippen molar-refractivity contribution in [2.45, 2.75) is 65.1 Å². The van der Waals surface area contributed by atoms with Crippen LogP contribution in [0.4, 0.5) is 16.2 Å². The summed E-state index contributed by atoms with van der Waals surface area (Å²) >= 11 is 0. The number of carbonyl (C=O) groups excluding carboxylic acids is 4. The van der Waals surface area contributed by atoms with E-state index in [1.807, 2.05) is 49.8 Å². The molecule has 0 aliphatic carbocycles. The zero-order valence-corrected chi connectivity index (χ0v) is 36.2. The minimum absolute atomic E-state index is 0.00423. The molecule has 4 heterocycles. The molecule has 4 N–H and O–H groups in total. The Morgan fingerprint density at radius 1 is 1.05 bits per heavy atom. The molecule has 3 aromatic carbocycles. The fourth-order valence-corrected chi connectivity index (χ4v) is 8.70. The Labute approximate surface area is 365 Å². The van der Waals surface area contributed by atoms with E-state index in [1.165, 1.54) is 11.0 Å².